The molecule has 162 valence electrons. The van der Waals surface area contributed by atoms with Crippen LogP contribution in [-0.4, -0.2) is 59.2 Å². The molecule has 1 saturated heterocycles. The van der Waals surface area contributed by atoms with Crippen LogP contribution in [0.1, 0.15) is 11.4 Å². The van der Waals surface area contributed by atoms with E-state index in [-0.39, 0.29) is 6.10 Å². The van der Waals surface area contributed by atoms with Crippen LogP contribution < -0.4 is 0 Å². The molecule has 7 nitrogen and oxygen atoms in total. The van der Waals surface area contributed by atoms with Gasteiger partial charge in [0.2, 0.25) is 11.8 Å². The average molecular weight is 457 g/mol. The van der Waals surface area contributed by atoms with Crippen LogP contribution in [0.15, 0.2) is 56.4 Å². The van der Waals surface area contributed by atoms with Crippen LogP contribution in [-0.2, 0) is 17.8 Å². The van der Waals surface area contributed by atoms with Crippen LogP contribution in [0.5, 0.6) is 0 Å². The highest BCUT2D eigenvalue weighted by Crippen LogP contribution is 2.26. The van der Waals surface area contributed by atoms with Crippen molar-refractivity contribution < 1.29 is 13.6 Å². The smallest absolute Gasteiger partial charge is 0.236 e. The third-order valence-corrected chi connectivity index (χ3v) is 6.86. The largest absolute Gasteiger partial charge is 0.444 e. The molecule has 1 atom stereocenters. The van der Waals surface area contributed by atoms with Gasteiger partial charge in [-0.25, -0.2) is 9.97 Å². The second-order valence-corrected chi connectivity index (χ2v) is 9.56. The van der Waals surface area contributed by atoms with Crippen molar-refractivity contribution in [3.05, 3.63) is 58.9 Å². The van der Waals surface area contributed by atoms with E-state index in [0.717, 1.165) is 47.4 Å². The highest BCUT2D eigenvalue weighted by Gasteiger charge is 2.23. The SMILES string of the molecule is CN1CCO[C@@H](CN(Cc2coc(-c3cccs3)n2)Cc2coc(-c3cccs3)n2)C1. The van der Waals surface area contributed by atoms with Gasteiger partial charge in [0.15, 0.2) is 0 Å². The number of hydrogen-bond acceptors (Lipinski definition) is 9. The molecule has 4 aromatic heterocycles. The fourth-order valence-electron chi connectivity index (χ4n) is 3.69. The lowest BCUT2D eigenvalue weighted by Crippen LogP contribution is -2.45. The summed E-state index contributed by atoms with van der Waals surface area (Å²) in [6, 6.07) is 8.04. The number of morpholine rings is 1. The van der Waals surface area contributed by atoms with Crippen molar-refractivity contribution in [2.45, 2.75) is 19.2 Å². The van der Waals surface area contributed by atoms with Crippen LogP contribution in [0.4, 0.5) is 0 Å². The van der Waals surface area contributed by atoms with Gasteiger partial charge in [0.1, 0.15) is 12.5 Å². The lowest BCUT2D eigenvalue weighted by atomic mass is 10.2. The second-order valence-electron chi connectivity index (χ2n) is 7.67. The molecule has 31 heavy (non-hydrogen) atoms. The molecular formula is C22H24N4O3S2. The summed E-state index contributed by atoms with van der Waals surface area (Å²) < 4.78 is 17.5. The molecule has 0 aliphatic carbocycles. The Morgan fingerprint density at radius 1 is 1.00 bits per heavy atom. The molecule has 1 fully saturated rings. The van der Waals surface area contributed by atoms with Gasteiger partial charge >= 0.3 is 0 Å². The highest BCUT2D eigenvalue weighted by molar-refractivity contribution is 7.13. The molecule has 9 heteroatoms. The Bertz CT molecular complexity index is 1000. The van der Waals surface area contributed by atoms with E-state index in [4.69, 9.17) is 23.5 Å². The van der Waals surface area contributed by atoms with E-state index >= 15 is 0 Å². The monoisotopic (exact) mass is 456 g/mol. The number of thiophene rings is 2. The van der Waals surface area contributed by atoms with E-state index in [1.54, 1.807) is 35.2 Å². The summed E-state index contributed by atoms with van der Waals surface area (Å²) in [5, 5.41) is 4.05. The second kappa shape index (κ2) is 9.46. The number of aromatic nitrogens is 2. The first-order valence-electron chi connectivity index (χ1n) is 10.2. The number of rotatable bonds is 8. The first kappa shape index (κ1) is 20.6. The van der Waals surface area contributed by atoms with Gasteiger partial charge < -0.3 is 18.5 Å². The van der Waals surface area contributed by atoms with Gasteiger partial charge in [-0.05, 0) is 29.9 Å². The minimum absolute atomic E-state index is 0.145. The Morgan fingerprint density at radius 3 is 2.13 bits per heavy atom. The zero-order valence-electron chi connectivity index (χ0n) is 17.3. The van der Waals surface area contributed by atoms with Crippen LogP contribution in [0.3, 0.4) is 0 Å². The normalized spacial score (nSPS) is 17.5. The summed E-state index contributed by atoms with van der Waals surface area (Å²) >= 11 is 3.25. The van der Waals surface area contributed by atoms with Gasteiger partial charge in [-0.1, -0.05) is 12.1 Å². The molecule has 0 radical (unpaired) electrons. The maximum atomic E-state index is 6.01. The molecular weight excluding hydrogens is 432 g/mol. The average Bonchev–Trinajstić information content (AvgIpc) is 3.54. The molecule has 0 aromatic carbocycles. The van der Waals surface area contributed by atoms with Crippen molar-refractivity contribution >= 4 is 22.7 Å². The predicted molar refractivity (Wildman–Crippen MR) is 121 cm³/mol. The third kappa shape index (κ3) is 5.13. The number of oxazole rings is 2. The Labute approximate surface area is 188 Å². The van der Waals surface area contributed by atoms with E-state index in [2.05, 4.69) is 16.8 Å². The molecule has 0 saturated carbocycles. The summed E-state index contributed by atoms with van der Waals surface area (Å²) in [6.07, 6.45) is 3.64. The lowest BCUT2D eigenvalue weighted by Gasteiger charge is -2.33. The molecule has 5 heterocycles. The molecule has 0 bridgehead atoms. The minimum Gasteiger partial charge on any atom is -0.444 e. The minimum atomic E-state index is 0.145. The molecule has 4 aromatic rings. The fraction of sp³-hybridized carbons (Fsp3) is 0.364. The number of ether oxygens (including phenoxy) is 1. The Balaban J connectivity index is 1.31. The molecule has 0 N–H and O–H groups in total. The summed E-state index contributed by atoms with van der Waals surface area (Å²) in [5.74, 6) is 1.33. The summed E-state index contributed by atoms with van der Waals surface area (Å²) in [7, 11) is 2.13. The molecule has 1 aliphatic rings. The van der Waals surface area contributed by atoms with E-state index in [1.807, 2.05) is 35.0 Å². The van der Waals surface area contributed by atoms with Crippen LogP contribution >= 0.6 is 22.7 Å². The Hall–Kier alpha value is -2.30. The van der Waals surface area contributed by atoms with Crippen LogP contribution in [0.25, 0.3) is 21.5 Å². The lowest BCUT2D eigenvalue weighted by molar-refractivity contribution is -0.0382. The first-order valence-corrected chi connectivity index (χ1v) is 12.0. The molecule has 0 amide bonds. The van der Waals surface area contributed by atoms with E-state index in [0.29, 0.717) is 24.9 Å². The molecule has 0 spiro atoms. The van der Waals surface area contributed by atoms with Gasteiger partial charge in [-0.3, -0.25) is 4.90 Å². The van der Waals surface area contributed by atoms with Crippen molar-refractivity contribution in [1.82, 2.24) is 19.8 Å². The van der Waals surface area contributed by atoms with E-state index in [9.17, 15) is 0 Å². The molecule has 1 aliphatic heterocycles. The predicted octanol–water partition coefficient (Wildman–Crippen LogP) is 4.45. The molecule has 0 unspecified atom stereocenters. The van der Waals surface area contributed by atoms with Crippen molar-refractivity contribution in [2.24, 2.45) is 0 Å². The zero-order chi connectivity index (χ0) is 21.0. The zero-order valence-corrected chi connectivity index (χ0v) is 18.9. The van der Waals surface area contributed by atoms with E-state index in [1.165, 1.54) is 0 Å². The number of hydrogen-bond donors (Lipinski definition) is 0. The van der Waals surface area contributed by atoms with Gasteiger partial charge in [0.05, 0.1) is 33.9 Å². The van der Waals surface area contributed by atoms with Crippen molar-refractivity contribution in [3.63, 3.8) is 0 Å². The van der Waals surface area contributed by atoms with Crippen LogP contribution in [0, 0.1) is 0 Å². The van der Waals surface area contributed by atoms with Crippen LogP contribution in [0.2, 0.25) is 0 Å². The first-order chi connectivity index (χ1) is 15.2. The van der Waals surface area contributed by atoms with Crippen molar-refractivity contribution in [2.75, 3.05) is 33.3 Å². The van der Waals surface area contributed by atoms with Gasteiger partial charge in [-0.2, -0.15) is 0 Å². The molecule has 5 rings (SSSR count). The standard InChI is InChI=1S/C22H24N4O3S2/c1-25-6-7-27-18(12-25)13-26(10-16-14-28-21(23-16)19-4-2-8-30-19)11-17-15-29-22(24-17)20-5-3-9-31-20/h2-5,8-9,14-15,18H,6-7,10-13H2,1H3/t18-/m1/s1. The highest BCUT2D eigenvalue weighted by atomic mass is 32.1. The van der Waals surface area contributed by atoms with Gasteiger partial charge in [0.25, 0.3) is 0 Å². The van der Waals surface area contributed by atoms with Gasteiger partial charge in [-0.15, -0.1) is 22.7 Å². The van der Waals surface area contributed by atoms with Crippen molar-refractivity contribution in [1.29, 1.82) is 0 Å². The van der Waals surface area contributed by atoms with Gasteiger partial charge in [0, 0.05) is 32.7 Å². The third-order valence-electron chi connectivity index (χ3n) is 5.14. The maximum absolute atomic E-state index is 6.01. The quantitative estimate of drug-likeness (QED) is 0.388. The summed E-state index contributed by atoms with van der Waals surface area (Å²) in [5.41, 5.74) is 1.80. The Kier molecular flexibility index (Phi) is 6.28. The summed E-state index contributed by atoms with van der Waals surface area (Å²) in [6.45, 7) is 4.73. The fourth-order valence-corrected chi connectivity index (χ4v) is 5.01. The maximum Gasteiger partial charge on any atom is 0.236 e. The van der Waals surface area contributed by atoms with Crippen molar-refractivity contribution in [3.8, 4) is 21.5 Å². The Morgan fingerprint density at radius 2 is 1.61 bits per heavy atom. The topological polar surface area (TPSA) is 67.8 Å². The summed E-state index contributed by atoms with van der Waals surface area (Å²) in [4.78, 5) is 16.1. The number of likely N-dealkylation sites (N-methyl/N-ethyl adjacent to an activating group) is 1. The van der Waals surface area contributed by atoms with E-state index < -0.39 is 0 Å². The number of nitrogens with zero attached hydrogens (tertiary/aromatic N) is 4.